The van der Waals surface area contributed by atoms with E-state index in [1.807, 2.05) is 0 Å². The van der Waals surface area contributed by atoms with Crippen LogP contribution in [0.5, 0.6) is 0 Å². The van der Waals surface area contributed by atoms with Gasteiger partial charge in [-0.25, -0.2) is 4.57 Å². The standard InChI is InChI=1S/C31H63O10P/c1-4-6-8-10-12-14-16-18-20-22-24-26-28-34-31(30(3)36-42(32,33)41-40-39-38-37-31)35-29-27-25-23-21-19-17-15-13-11-9-7-5-2/h30H,4-29H2,1-3H3,(H,32,33). The summed E-state index contributed by atoms with van der Waals surface area (Å²) in [6.07, 6.45) is 28.1. The van der Waals surface area contributed by atoms with E-state index >= 15 is 0 Å². The van der Waals surface area contributed by atoms with Gasteiger partial charge < -0.3 is 14.4 Å². The Morgan fingerprint density at radius 2 is 0.929 bits per heavy atom. The van der Waals surface area contributed by atoms with E-state index in [0.29, 0.717) is 0 Å². The SMILES string of the molecule is CCCCCCCCCCCCCCOC1(OCCCCCCCCCCCCCC)OOOOOP(=O)(O)OC1C. The maximum absolute atomic E-state index is 12.1. The van der Waals surface area contributed by atoms with Gasteiger partial charge in [0.25, 0.3) is 0 Å². The highest BCUT2D eigenvalue weighted by molar-refractivity contribution is 7.47. The van der Waals surface area contributed by atoms with Crippen molar-refractivity contribution in [3.8, 4) is 0 Å². The number of hydrogen-bond acceptors (Lipinski definition) is 9. The summed E-state index contributed by atoms with van der Waals surface area (Å²) < 4.78 is 33.4. The van der Waals surface area contributed by atoms with Gasteiger partial charge in [-0.1, -0.05) is 160 Å². The van der Waals surface area contributed by atoms with Gasteiger partial charge in [-0.2, -0.15) is 0 Å². The first-order valence-corrected chi connectivity index (χ1v) is 18.6. The van der Waals surface area contributed by atoms with Gasteiger partial charge in [0.2, 0.25) is 0 Å². The van der Waals surface area contributed by atoms with Crippen molar-refractivity contribution >= 4 is 7.82 Å². The number of phosphoric acid groups is 1. The fourth-order valence-electron chi connectivity index (χ4n) is 5.11. The van der Waals surface area contributed by atoms with Crippen molar-refractivity contribution in [1.29, 1.82) is 0 Å². The minimum absolute atomic E-state index is 0.282. The molecule has 0 saturated carbocycles. The first-order valence-electron chi connectivity index (χ1n) is 17.1. The molecule has 2 unspecified atom stereocenters. The molecule has 1 rings (SSSR count). The molecule has 1 fully saturated rings. The lowest BCUT2D eigenvalue weighted by molar-refractivity contribution is -0.726. The molecule has 0 aliphatic carbocycles. The highest BCUT2D eigenvalue weighted by Gasteiger charge is 2.48. The molecule has 0 radical (unpaired) electrons. The second-order valence-corrected chi connectivity index (χ2v) is 13.0. The summed E-state index contributed by atoms with van der Waals surface area (Å²) >= 11 is 0. The van der Waals surface area contributed by atoms with E-state index in [4.69, 9.17) is 18.9 Å². The third-order valence-electron chi connectivity index (χ3n) is 7.72. The van der Waals surface area contributed by atoms with Gasteiger partial charge in [-0.3, -0.25) is 4.52 Å². The second-order valence-electron chi connectivity index (χ2n) is 11.7. The molecule has 1 heterocycles. The minimum Gasteiger partial charge on any atom is -0.323 e. The Morgan fingerprint density at radius 3 is 1.31 bits per heavy atom. The summed E-state index contributed by atoms with van der Waals surface area (Å²) in [5.74, 6) is -1.93. The molecular formula is C31H63O10P. The van der Waals surface area contributed by atoms with Crippen molar-refractivity contribution in [3.63, 3.8) is 0 Å². The summed E-state index contributed by atoms with van der Waals surface area (Å²) in [7, 11) is -4.63. The summed E-state index contributed by atoms with van der Waals surface area (Å²) in [5, 5.41) is 12.8. The molecular weight excluding hydrogens is 563 g/mol. The Balaban J connectivity index is 2.33. The predicted octanol–water partition coefficient (Wildman–Crippen LogP) is 10.3. The van der Waals surface area contributed by atoms with Crippen LogP contribution in [0.25, 0.3) is 0 Å². The Labute approximate surface area is 256 Å². The van der Waals surface area contributed by atoms with Crippen LogP contribution in [-0.4, -0.2) is 30.2 Å². The monoisotopic (exact) mass is 626 g/mol. The normalized spacial score (nSPS) is 21.2. The van der Waals surface area contributed by atoms with E-state index in [9.17, 15) is 9.46 Å². The molecule has 2 atom stereocenters. The van der Waals surface area contributed by atoms with Crippen LogP contribution in [0.2, 0.25) is 0 Å². The average molecular weight is 627 g/mol. The molecule has 0 spiro atoms. The molecule has 10 nitrogen and oxygen atoms in total. The first kappa shape index (κ1) is 39.9. The molecule has 42 heavy (non-hydrogen) atoms. The number of rotatable bonds is 28. The van der Waals surface area contributed by atoms with Gasteiger partial charge in [-0.05, 0) is 34.9 Å². The fraction of sp³-hybridized carbons (Fsp3) is 1.00. The van der Waals surface area contributed by atoms with Crippen LogP contribution in [0.1, 0.15) is 175 Å². The minimum atomic E-state index is -4.63. The van der Waals surface area contributed by atoms with Gasteiger partial charge in [0.1, 0.15) is 0 Å². The van der Waals surface area contributed by atoms with Crippen molar-refractivity contribution in [2.45, 2.75) is 187 Å². The van der Waals surface area contributed by atoms with Crippen LogP contribution in [0.4, 0.5) is 0 Å². The number of phosphoric ester groups is 1. The van der Waals surface area contributed by atoms with Gasteiger partial charge in [0.15, 0.2) is 6.10 Å². The second kappa shape index (κ2) is 27.2. The van der Waals surface area contributed by atoms with E-state index in [1.165, 1.54) is 122 Å². The average Bonchev–Trinajstić information content (AvgIpc) is 3.01. The molecule has 1 aliphatic rings. The fourth-order valence-corrected chi connectivity index (χ4v) is 5.78. The lowest BCUT2D eigenvalue weighted by Gasteiger charge is -2.34. The Bertz CT molecular complexity index is 609. The first-order chi connectivity index (χ1) is 20.5. The molecule has 0 aromatic rings. The lowest BCUT2D eigenvalue weighted by Crippen LogP contribution is -2.49. The van der Waals surface area contributed by atoms with E-state index in [2.05, 4.69) is 33.6 Å². The smallest absolute Gasteiger partial charge is 0.323 e. The third-order valence-corrected chi connectivity index (χ3v) is 8.55. The van der Waals surface area contributed by atoms with E-state index < -0.39 is 19.9 Å². The number of ether oxygens (including phenoxy) is 2. The van der Waals surface area contributed by atoms with Gasteiger partial charge in [0, 0.05) is 0 Å². The van der Waals surface area contributed by atoms with E-state index in [-0.39, 0.29) is 13.2 Å². The van der Waals surface area contributed by atoms with Crippen molar-refractivity contribution in [2.24, 2.45) is 0 Å². The number of unbranched alkanes of at least 4 members (excludes halogenated alkanes) is 22. The largest absolute Gasteiger partial charge is 0.502 e. The lowest BCUT2D eigenvalue weighted by atomic mass is 10.1. The van der Waals surface area contributed by atoms with Crippen molar-refractivity contribution in [3.05, 3.63) is 0 Å². The topological polar surface area (TPSA) is 111 Å². The van der Waals surface area contributed by atoms with Crippen LogP contribution < -0.4 is 0 Å². The summed E-state index contributed by atoms with van der Waals surface area (Å²) in [6.45, 7) is 6.54. The van der Waals surface area contributed by atoms with E-state index in [1.54, 1.807) is 0 Å². The van der Waals surface area contributed by atoms with Gasteiger partial charge >= 0.3 is 13.8 Å². The molecule has 0 aromatic heterocycles. The van der Waals surface area contributed by atoms with Gasteiger partial charge in [-0.15, -0.1) is 4.89 Å². The van der Waals surface area contributed by atoms with Crippen LogP contribution in [0.3, 0.4) is 0 Å². The highest BCUT2D eigenvalue weighted by atomic mass is 31.2. The molecule has 0 bridgehead atoms. The van der Waals surface area contributed by atoms with Crippen molar-refractivity contribution in [1.82, 2.24) is 0 Å². The molecule has 1 aliphatic heterocycles. The summed E-state index contributed by atoms with van der Waals surface area (Å²) in [6, 6.07) is 0. The Hall–Kier alpha value is -0.130. The van der Waals surface area contributed by atoms with Crippen LogP contribution >= 0.6 is 7.82 Å². The quantitative estimate of drug-likeness (QED) is 0.0389. The maximum atomic E-state index is 12.1. The zero-order valence-corrected chi connectivity index (χ0v) is 27.9. The zero-order chi connectivity index (χ0) is 30.6. The van der Waals surface area contributed by atoms with Crippen molar-refractivity contribution < 1.29 is 48.1 Å². The molecule has 0 aromatic carbocycles. The summed E-state index contributed by atoms with van der Waals surface area (Å²) in [4.78, 5) is 15.1. The molecule has 252 valence electrons. The van der Waals surface area contributed by atoms with Crippen molar-refractivity contribution in [2.75, 3.05) is 13.2 Å². The molecule has 11 heteroatoms. The van der Waals surface area contributed by atoms with Gasteiger partial charge in [0.05, 0.1) is 13.2 Å². The third kappa shape index (κ3) is 21.6. The summed E-state index contributed by atoms with van der Waals surface area (Å²) in [5.41, 5.74) is 0. The van der Waals surface area contributed by atoms with Crippen LogP contribution in [-0.2, 0) is 43.2 Å². The maximum Gasteiger partial charge on any atom is 0.502 e. The van der Waals surface area contributed by atoms with Crippen LogP contribution in [0, 0.1) is 0 Å². The van der Waals surface area contributed by atoms with Crippen LogP contribution in [0.15, 0.2) is 0 Å². The highest BCUT2D eigenvalue weighted by Crippen LogP contribution is 2.48. The Morgan fingerprint density at radius 1 is 0.571 bits per heavy atom. The molecule has 1 N–H and O–H groups in total. The molecule has 0 amide bonds. The Kier molecular flexibility index (Phi) is 25.8. The number of hydrogen-bond donors (Lipinski definition) is 1. The van der Waals surface area contributed by atoms with E-state index in [0.717, 1.165) is 38.5 Å². The molecule has 1 saturated heterocycles. The zero-order valence-electron chi connectivity index (χ0n) is 27.0. The predicted molar refractivity (Wildman–Crippen MR) is 163 cm³/mol.